The number of hydrogen-bond acceptors (Lipinski definition) is 3. The van der Waals surface area contributed by atoms with Crippen LogP contribution < -0.4 is 11.1 Å². The van der Waals surface area contributed by atoms with Gasteiger partial charge in [0.25, 0.3) is 0 Å². The highest BCUT2D eigenvalue weighted by molar-refractivity contribution is 7.14. The Balaban J connectivity index is 2.28. The van der Waals surface area contributed by atoms with Crippen LogP contribution in [0.1, 0.15) is 12.5 Å². The van der Waals surface area contributed by atoms with E-state index in [4.69, 9.17) is 5.73 Å². The van der Waals surface area contributed by atoms with Gasteiger partial charge in [0.05, 0.1) is 5.00 Å². The smallest absolute Gasteiger partial charge is 0.0926 e. The Hall–Kier alpha value is -1.48. The Morgan fingerprint density at radius 3 is 2.87 bits per heavy atom. The standard InChI is InChI=1S/C12H14N2S/c1-2-9-8-10(13)5-6-11(9)14-12-4-3-7-15-12/h3-8,14H,2,13H2,1H3. The van der Waals surface area contributed by atoms with Gasteiger partial charge in [0, 0.05) is 11.4 Å². The molecule has 0 unspecified atom stereocenters. The number of nitrogens with two attached hydrogens (primary N) is 1. The second-order valence-corrected chi connectivity index (χ2v) is 4.32. The molecular formula is C12H14N2S. The van der Waals surface area contributed by atoms with E-state index >= 15 is 0 Å². The van der Waals surface area contributed by atoms with Gasteiger partial charge < -0.3 is 11.1 Å². The molecule has 2 aromatic rings. The molecule has 0 amide bonds. The number of thiophene rings is 1. The highest BCUT2D eigenvalue weighted by Crippen LogP contribution is 2.26. The van der Waals surface area contributed by atoms with Crippen molar-refractivity contribution in [3.8, 4) is 0 Å². The lowest BCUT2D eigenvalue weighted by atomic mass is 10.1. The molecule has 0 aliphatic rings. The molecule has 1 heterocycles. The molecule has 3 heteroatoms. The molecule has 1 aromatic heterocycles. The van der Waals surface area contributed by atoms with Crippen LogP contribution in [0.3, 0.4) is 0 Å². The molecule has 0 fully saturated rings. The van der Waals surface area contributed by atoms with Gasteiger partial charge in [-0.15, -0.1) is 11.3 Å². The van der Waals surface area contributed by atoms with Crippen LogP contribution in [0, 0.1) is 0 Å². The summed E-state index contributed by atoms with van der Waals surface area (Å²) in [6.45, 7) is 2.13. The maximum absolute atomic E-state index is 5.75. The zero-order valence-corrected chi connectivity index (χ0v) is 9.47. The highest BCUT2D eigenvalue weighted by Gasteiger charge is 2.01. The lowest BCUT2D eigenvalue weighted by molar-refractivity contribution is 1.14. The van der Waals surface area contributed by atoms with Crippen LogP contribution in [-0.4, -0.2) is 0 Å². The summed E-state index contributed by atoms with van der Waals surface area (Å²) in [7, 11) is 0. The van der Waals surface area contributed by atoms with Crippen molar-refractivity contribution in [3.63, 3.8) is 0 Å². The maximum atomic E-state index is 5.75. The van der Waals surface area contributed by atoms with Gasteiger partial charge in [0.15, 0.2) is 0 Å². The predicted molar refractivity (Wildman–Crippen MR) is 67.8 cm³/mol. The average Bonchev–Trinajstić information content (AvgIpc) is 2.73. The molecule has 1 aromatic carbocycles. The molecule has 0 radical (unpaired) electrons. The third-order valence-corrected chi connectivity index (χ3v) is 3.07. The molecule has 78 valence electrons. The van der Waals surface area contributed by atoms with E-state index in [9.17, 15) is 0 Å². The molecule has 0 atom stereocenters. The first-order valence-electron chi connectivity index (χ1n) is 4.98. The normalized spacial score (nSPS) is 10.2. The molecule has 3 N–H and O–H groups in total. The summed E-state index contributed by atoms with van der Waals surface area (Å²) in [5.41, 5.74) is 8.97. The van der Waals surface area contributed by atoms with E-state index in [1.807, 2.05) is 24.3 Å². The number of nitrogen functional groups attached to an aromatic ring is 1. The van der Waals surface area contributed by atoms with E-state index in [1.165, 1.54) is 5.56 Å². The quantitative estimate of drug-likeness (QED) is 0.772. The van der Waals surface area contributed by atoms with E-state index in [0.29, 0.717) is 0 Å². The fourth-order valence-electron chi connectivity index (χ4n) is 1.51. The van der Waals surface area contributed by atoms with Crippen LogP contribution in [-0.2, 0) is 6.42 Å². The molecule has 2 rings (SSSR count). The summed E-state index contributed by atoms with van der Waals surface area (Å²) in [5.74, 6) is 0. The van der Waals surface area contributed by atoms with Crippen molar-refractivity contribution in [2.75, 3.05) is 11.1 Å². The van der Waals surface area contributed by atoms with E-state index in [-0.39, 0.29) is 0 Å². The Bertz CT molecular complexity index is 435. The lowest BCUT2D eigenvalue weighted by Crippen LogP contribution is -1.95. The zero-order chi connectivity index (χ0) is 10.7. The monoisotopic (exact) mass is 218 g/mol. The van der Waals surface area contributed by atoms with Crippen LogP contribution in [0.2, 0.25) is 0 Å². The molecule has 0 bridgehead atoms. The van der Waals surface area contributed by atoms with Crippen molar-refractivity contribution >= 4 is 27.7 Å². The van der Waals surface area contributed by atoms with Gasteiger partial charge in [-0.2, -0.15) is 0 Å². The van der Waals surface area contributed by atoms with Gasteiger partial charge in [0.1, 0.15) is 0 Å². The van der Waals surface area contributed by atoms with E-state index in [0.717, 1.165) is 22.8 Å². The Labute approximate surface area is 93.7 Å². The molecule has 0 aliphatic heterocycles. The number of aryl methyl sites for hydroxylation is 1. The van der Waals surface area contributed by atoms with Crippen LogP contribution in [0.25, 0.3) is 0 Å². The SMILES string of the molecule is CCc1cc(N)ccc1Nc1cccs1. The molecular weight excluding hydrogens is 204 g/mol. The van der Waals surface area contributed by atoms with Crippen molar-refractivity contribution in [1.82, 2.24) is 0 Å². The first-order chi connectivity index (χ1) is 7.29. The minimum atomic E-state index is 0.823. The van der Waals surface area contributed by atoms with E-state index in [1.54, 1.807) is 11.3 Å². The molecule has 0 saturated heterocycles. The van der Waals surface area contributed by atoms with Crippen LogP contribution >= 0.6 is 11.3 Å². The summed E-state index contributed by atoms with van der Waals surface area (Å²) < 4.78 is 0. The molecule has 0 saturated carbocycles. The number of rotatable bonds is 3. The summed E-state index contributed by atoms with van der Waals surface area (Å²) in [6.07, 6.45) is 0.985. The predicted octanol–water partition coefficient (Wildman–Crippen LogP) is 3.64. The first-order valence-corrected chi connectivity index (χ1v) is 5.86. The summed E-state index contributed by atoms with van der Waals surface area (Å²) in [5, 5.41) is 6.62. The fraction of sp³-hybridized carbons (Fsp3) is 0.167. The second kappa shape index (κ2) is 4.36. The van der Waals surface area contributed by atoms with Crippen molar-refractivity contribution in [1.29, 1.82) is 0 Å². The summed E-state index contributed by atoms with van der Waals surface area (Å²) in [4.78, 5) is 0. The molecule has 0 aliphatic carbocycles. The summed E-state index contributed by atoms with van der Waals surface area (Å²) in [6, 6.07) is 10.1. The molecule has 2 nitrogen and oxygen atoms in total. The first kappa shape index (κ1) is 10.1. The summed E-state index contributed by atoms with van der Waals surface area (Å²) >= 11 is 1.70. The van der Waals surface area contributed by atoms with E-state index < -0.39 is 0 Å². The fourth-order valence-corrected chi connectivity index (χ4v) is 2.14. The van der Waals surface area contributed by atoms with Crippen molar-refractivity contribution < 1.29 is 0 Å². The van der Waals surface area contributed by atoms with Gasteiger partial charge in [-0.3, -0.25) is 0 Å². The van der Waals surface area contributed by atoms with Crippen LogP contribution in [0.15, 0.2) is 35.7 Å². The van der Waals surface area contributed by atoms with Gasteiger partial charge in [-0.25, -0.2) is 0 Å². The third-order valence-electron chi connectivity index (χ3n) is 2.29. The van der Waals surface area contributed by atoms with E-state index in [2.05, 4.69) is 23.7 Å². The van der Waals surface area contributed by atoms with Gasteiger partial charge in [0.2, 0.25) is 0 Å². The third kappa shape index (κ3) is 2.30. The van der Waals surface area contributed by atoms with Crippen LogP contribution in [0.5, 0.6) is 0 Å². The van der Waals surface area contributed by atoms with Gasteiger partial charge >= 0.3 is 0 Å². The minimum absolute atomic E-state index is 0.823. The topological polar surface area (TPSA) is 38.0 Å². The minimum Gasteiger partial charge on any atom is -0.399 e. The van der Waals surface area contributed by atoms with Crippen molar-refractivity contribution in [2.45, 2.75) is 13.3 Å². The highest BCUT2D eigenvalue weighted by atomic mass is 32.1. The number of anilines is 3. The zero-order valence-electron chi connectivity index (χ0n) is 8.66. The second-order valence-electron chi connectivity index (χ2n) is 3.37. The number of nitrogens with one attached hydrogen (secondary N) is 1. The van der Waals surface area contributed by atoms with Gasteiger partial charge in [-0.1, -0.05) is 6.92 Å². The molecule has 0 spiro atoms. The van der Waals surface area contributed by atoms with Gasteiger partial charge in [-0.05, 0) is 47.7 Å². The Morgan fingerprint density at radius 2 is 2.20 bits per heavy atom. The average molecular weight is 218 g/mol. The lowest BCUT2D eigenvalue weighted by Gasteiger charge is -2.09. The van der Waals surface area contributed by atoms with Crippen molar-refractivity contribution in [3.05, 3.63) is 41.3 Å². The Morgan fingerprint density at radius 1 is 1.33 bits per heavy atom. The maximum Gasteiger partial charge on any atom is 0.0926 e. The Kier molecular flexibility index (Phi) is 2.92. The van der Waals surface area contributed by atoms with Crippen LogP contribution in [0.4, 0.5) is 16.4 Å². The van der Waals surface area contributed by atoms with Crippen molar-refractivity contribution in [2.24, 2.45) is 0 Å². The number of benzene rings is 1. The largest absolute Gasteiger partial charge is 0.399 e. The number of hydrogen-bond donors (Lipinski definition) is 2. The molecule has 15 heavy (non-hydrogen) atoms.